The Labute approximate surface area is 124 Å². The molecule has 0 bridgehead atoms. The van der Waals surface area contributed by atoms with Crippen molar-refractivity contribution in [2.75, 3.05) is 6.61 Å². The molecular weight excluding hydrogens is 296 g/mol. The SMILES string of the molecule is CC.CC1COc2c(F)c(F)cc3c(=O)c(C(=O)O)cn1c23. The Balaban J connectivity index is 0.000000847. The second-order valence-corrected chi connectivity index (χ2v) is 4.64. The van der Waals surface area contributed by atoms with Gasteiger partial charge >= 0.3 is 5.97 Å². The number of ether oxygens (including phenoxy) is 1. The second kappa shape index (κ2) is 5.75. The Morgan fingerprint density at radius 2 is 2.05 bits per heavy atom. The lowest BCUT2D eigenvalue weighted by Gasteiger charge is -2.27. The van der Waals surface area contributed by atoms with Gasteiger partial charge in [-0.1, -0.05) is 13.8 Å². The van der Waals surface area contributed by atoms with Crippen molar-refractivity contribution in [3.8, 4) is 5.75 Å². The first-order valence-electron chi connectivity index (χ1n) is 6.84. The first-order chi connectivity index (χ1) is 10.4. The number of halogens is 2. The summed E-state index contributed by atoms with van der Waals surface area (Å²) in [6, 6.07) is 0.412. The molecule has 0 saturated carbocycles. The third kappa shape index (κ3) is 2.22. The summed E-state index contributed by atoms with van der Waals surface area (Å²) in [7, 11) is 0. The zero-order valence-electron chi connectivity index (χ0n) is 12.3. The zero-order chi connectivity index (χ0) is 16.6. The first-order valence-corrected chi connectivity index (χ1v) is 6.84. The summed E-state index contributed by atoms with van der Waals surface area (Å²) in [6.45, 7) is 5.78. The van der Waals surface area contributed by atoms with Crippen molar-refractivity contribution < 1.29 is 23.4 Å². The van der Waals surface area contributed by atoms with Crippen molar-refractivity contribution >= 4 is 16.9 Å². The number of aromatic carboxylic acids is 1. The van der Waals surface area contributed by atoms with E-state index in [0.29, 0.717) is 6.07 Å². The molecule has 0 spiro atoms. The van der Waals surface area contributed by atoms with Crippen LogP contribution in [0.4, 0.5) is 8.78 Å². The van der Waals surface area contributed by atoms with E-state index in [-0.39, 0.29) is 29.3 Å². The lowest BCUT2D eigenvalue weighted by molar-refractivity contribution is 0.0694. The maximum Gasteiger partial charge on any atom is 0.341 e. The zero-order valence-corrected chi connectivity index (χ0v) is 12.3. The largest absolute Gasteiger partial charge is 0.486 e. The molecule has 22 heavy (non-hydrogen) atoms. The molecule has 0 amide bonds. The maximum atomic E-state index is 13.7. The minimum Gasteiger partial charge on any atom is -0.486 e. The topological polar surface area (TPSA) is 68.5 Å². The Morgan fingerprint density at radius 3 is 2.64 bits per heavy atom. The van der Waals surface area contributed by atoms with E-state index in [1.807, 2.05) is 13.8 Å². The van der Waals surface area contributed by atoms with E-state index in [1.54, 1.807) is 6.92 Å². The minimum absolute atomic E-state index is 0.0599. The van der Waals surface area contributed by atoms with Gasteiger partial charge in [-0.05, 0) is 13.0 Å². The fourth-order valence-corrected chi connectivity index (χ4v) is 2.35. The highest BCUT2D eigenvalue weighted by Gasteiger charge is 2.27. The number of hydrogen-bond donors (Lipinski definition) is 1. The number of aromatic nitrogens is 1. The number of carboxylic acids is 1. The van der Waals surface area contributed by atoms with Crippen LogP contribution in [0.25, 0.3) is 10.9 Å². The minimum atomic E-state index is -1.41. The Bertz CT molecular complexity index is 814. The van der Waals surface area contributed by atoms with Crippen molar-refractivity contribution in [3.63, 3.8) is 0 Å². The van der Waals surface area contributed by atoms with Crippen LogP contribution < -0.4 is 10.2 Å². The van der Waals surface area contributed by atoms with Gasteiger partial charge in [0.25, 0.3) is 0 Å². The quantitative estimate of drug-likeness (QED) is 0.879. The number of carboxylic acid groups (broad SMARTS) is 1. The Morgan fingerprint density at radius 1 is 1.41 bits per heavy atom. The number of rotatable bonds is 1. The molecule has 2 aromatic rings. The molecule has 1 aliphatic rings. The van der Waals surface area contributed by atoms with Gasteiger partial charge in [0.05, 0.1) is 16.9 Å². The van der Waals surface area contributed by atoms with Crippen LogP contribution in [-0.4, -0.2) is 22.2 Å². The summed E-state index contributed by atoms with van der Waals surface area (Å²) in [5.41, 5.74) is -1.26. The molecule has 0 saturated heterocycles. The standard InChI is InChI=1S/C13H9F2NO4.C2H6/c1-5-4-20-12-9(15)8(14)2-6-10(12)16(5)3-7(11(6)17)13(18)19;1-2/h2-3,5H,4H2,1H3,(H,18,19);1-2H3. The molecule has 1 N–H and O–H groups in total. The van der Waals surface area contributed by atoms with Crippen molar-refractivity contribution in [1.29, 1.82) is 0 Å². The number of nitrogens with zero attached hydrogens (tertiary/aromatic N) is 1. The van der Waals surface area contributed by atoms with Crippen LogP contribution in [0.15, 0.2) is 17.1 Å². The van der Waals surface area contributed by atoms with E-state index >= 15 is 0 Å². The molecule has 0 fully saturated rings. The monoisotopic (exact) mass is 311 g/mol. The molecule has 0 aliphatic carbocycles. The van der Waals surface area contributed by atoms with Gasteiger partial charge < -0.3 is 14.4 Å². The van der Waals surface area contributed by atoms with Crippen LogP contribution in [0.3, 0.4) is 0 Å². The molecular formula is C15H15F2NO4. The summed E-state index contributed by atoms with van der Waals surface area (Å²) < 4.78 is 33.8. The lowest BCUT2D eigenvalue weighted by Crippen LogP contribution is -2.27. The molecule has 1 aromatic heterocycles. The van der Waals surface area contributed by atoms with Crippen LogP contribution >= 0.6 is 0 Å². The predicted octanol–water partition coefficient (Wildman–Crippen LogP) is 2.96. The smallest absolute Gasteiger partial charge is 0.341 e. The van der Waals surface area contributed by atoms with Gasteiger partial charge in [0, 0.05) is 6.20 Å². The van der Waals surface area contributed by atoms with E-state index in [0.717, 1.165) is 6.20 Å². The number of carbonyl (C=O) groups is 1. The normalized spacial score (nSPS) is 15.8. The highest BCUT2D eigenvalue weighted by Crippen LogP contribution is 2.35. The van der Waals surface area contributed by atoms with E-state index in [9.17, 15) is 18.4 Å². The lowest BCUT2D eigenvalue weighted by atomic mass is 10.1. The summed E-state index contributed by atoms with van der Waals surface area (Å²) >= 11 is 0. The number of pyridine rings is 1. The molecule has 1 atom stereocenters. The fraction of sp³-hybridized carbons (Fsp3) is 0.333. The van der Waals surface area contributed by atoms with Crippen molar-refractivity contribution in [1.82, 2.24) is 4.57 Å². The van der Waals surface area contributed by atoms with E-state index in [1.165, 1.54) is 4.57 Å². The van der Waals surface area contributed by atoms with Crippen molar-refractivity contribution in [3.05, 3.63) is 39.7 Å². The molecule has 5 nitrogen and oxygen atoms in total. The van der Waals surface area contributed by atoms with E-state index < -0.39 is 28.6 Å². The summed E-state index contributed by atoms with van der Waals surface area (Å²) in [5, 5.41) is 8.83. The molecule has 0 radical (unpaired) electrons. The van der Waals surface area contributed by atoms with Crippen LogP contribution in [-0.2, 0) is 0 Å². The highest BCUT2D eigenvalue weighted by molar-refractivity contribution is 5.94. The Kier molecular flexibility index (Phi) is 4.16. The van der Waals surface area contributed by atoms with Gasteiger partial charge in [-0.2, -0.15) is 4.39 Å². The summed E-state index contributed by atoms with van der Waals surface area (Å²) in [4.78, 5) is 23.1. The predicted molar refractivity (Wildman–Crippen MR) is 76.6 cm³/mol. The highest BCUT2D eigenvalue weighted by atomic mass is 19.2. The average molecular weight is 311 g/mol. The molecule has 118 valence electrons. The van der Waals surface area contributed by atoms with Gasteiger partial charge in [-0.3, -0.25) is 4.79 Å². The summed E-state index contributed by atoms with van der Waals surface area (Å²) in [5.74, 6) is -4.19. The van der Waals surface area contributed by atoms with Gasteiger partial charge in [-0.15, -0.1) is 0 Å². The first kappa shape index (κ1) is 15.9. The average Bonchev–Trinajstić information content (AvgIpc) is 2.50. The molecule has 3 rings (SSSR count). The second-order valence-electron chi connectivity index (χ2n) is 4.64. The van der Waals surface area contributed by atoms with Crippen molar-refractivity contribution in [2.45, 2.75) is 26.8 Å². The van der Waals surface area contributed by atoms with Crippen LogP contribution in [0.1, 0.15) is 37.2 Å². The van der Waals surface area contributed by atoms with Gasteiger partial charge in [0.2, 0.25) is 11.2 Å². The maximum absolute atomic E-state index is 13.7. The van der Waals surface area contributed by atoms with Gasteiger partial charge in [0.15, 0.2) is 11.6 Å². The van der Waals surface area contributed by atoms with Crippen molar-refractivity contribution in [2.24, 2.45) is 0 Å². The molecule has 7 heteroatoms. The van der Waals surface area contributed by atoms with E-state index in [4.69, 9.17) is 9.84 Å². The molecule has 1 aliphatic heterocycles. The van der Waals surface area contributed by atoms with E-state index in [2.05, 4.69) is 0 Å². The van der Waals surface area contributed by atoms with Gasteiger partial charge in [0.1, 0.15) is 12.2 Å². The Hall–Kier alpha value is -2.44. The third-order valence-electron chi connectivity index (χ3n) is 3.34. The number of hydrogen-bond acceptors (Lipinski definition) is 3. The molecule has 1 aromatic carbocycles. The number of benzene rings is 1. The summed E-state index contributed by atoms with van der Waals surface area (Å²) in [6.07, 6.45) is 1.14. The fourth-order valence-electron chi connectivity index (χ4n) is 2.35. The van der Waals surface area contributed by atoms with Crippen LogP contribution in [0, 0.1) is 11.6 Å². The third-order valence-corrected chi connectivity index (χ3v) is 3.34. The molecule has 1 unspecified atom stereocenters. The van der Waals surface area contributed by atoms with Crippen LogP contribution in [0.5, 0.6) is 5.75 Å². The van der Waals surface area contributed by atoms with Gasteiger partial charge in [-0.25, -0.2) is 9.18 Å². The van der Waals surface area contributed by atoms with Crippen LogP contribution in [0.2, 0.25) is 0 Å². The molecule has 2 heterocycles.